The molecular weight excluding hydrogens is 410 g/mol. The Morgan fingerprint density at radius 2 is 1.88 bits per heavy atom. The zero-order valence-electron chi connectivity index (χ0n) is 17.5. The first-order valence-electron chi connectivity index (χ1n) is 10.6. The first kappa shape index (κ1) is 21.4. The number of carbonyl (C=O) groups is 3. The monoisotopic (exact) mass is 435 g/mol. The first-order chi connectivity index (χ1) is 15.5. The molecule has 0 saturated carbocycles. The van der Waals surface area contributed by atoms with Gasteiger partial charge in [-0.25, -0.2) is 9.59 Å². The molecule has 0 radical (unpaired) electrons. The Morgan fingerprint density at radius 1 is 1.12 bits per heavy atom. The van der Waals surface area contributed by atoms with Crippen LogP contribution in [0.3, 0.4) is 0 Å². The van der Waals surface area contributed by atoms with Gasteiger partial charge in [0.1, 0.15) is 18.7 Å². The lowest BCUT2D eigenvalue weighted by molar-refractivity contribution is -0.142. The van der Waals surface area contributed by atoms with Gasteiger partial charge in [0.25, 0.3) is 0 Å². The summed E-state index contributed by atoms with van der Waals surface area (Å²) in [5, 5.41) is 13.2. The highest BCUT2D eigenvalue weighted by Crippen LogP contribution is 2.21. The number of hydrogen-bond acceptors (Lipinski definition) is 4. The summed E-state index contributed by atoms with van der Waals surface area (Å²) in [6.45, 7) is 0.509. The van der Waals surface area contributed by atoms with Crippen LogP contribution >= 0.6 is 0 Å². The SMILES string of the molecule is O=C(N[C@H](Cc1c[nH]c2ccccc12)C(=O)O)[C@H]1CCCN1C(=O)OCc1ccccc1. The number of rotatable bonds is 7. The molecule has 1 aliphatic rings. The van der Waals surface area contributed by atoms with Gasteiger partial charge in [0.15, 0.2) is 0 Å². The van der Waals surface area contributed by atoms with Crippen molar-refractivity contribution in [2.24, 2.45) is 0 Å². The molecule has 2 aromatic carbocycles. The number of benzene rings is 2. The molecule has 2 atom stereocenters. The van der Waals surface area contributed by atoms with Crippen molar-refractivity contribution < 1.29 is 24.2 Å². The number of H-pyrrole nitrogens is 1. The van der Waals surface area contributed by atoms with Gasteiger partial charge >= 0.3 is 12.1 Å². The number of nitrogens with one attached hydrogen (secondary N) is 2. The number of aromatic amines is 1. The quantitative estimate of drug-likeness (QED) is 0.528. The van der Waals surface area contributed by atoms with Crippen LogP contribution in [-0.2, 0) is 27.4 Å². The van der Waals surface area contributed by atoms with Gasteiger partial charge in [0.05, 0.1) is 0 Å². The molecule has 3 aromatic rings. The van der Waals surface area contributed by atoms with Crippen LogP contribution in [0.4, 0.5) is 4.79 Å². The molecule has 0 unspecified atom stereocenters. The van der Waals surface area contributed by atoms with E-state index in [1.165, 1.54) is 4.90 Å². The summed E-state index contributed by atoms with van der Waals surface area (Å²) in [7, 11) is 0. The lowest BCUT2D eigenvalue weighted by atomic mass is 10.0. The number of amides is 2. The molecule has 4 rings (SSSR count). The van der Waals surface area contributed by atoms with E-state index in [0.29, 0.717) is 19.4 Å². The van der Waals surface area contributed by atoms with Gasteiger partial charge in [0, 0.05) is 30.1 Å². The van der Waals surface area contributed by atoms with E-state index in [2.05, 4.69) is 10.3 Å². The maximum absolute atomic E-state index is 12.9. The average Bonchev–Trinajstić information content (AvgIpc) is 3.45. The summed E-state index contributed by atoms with van der Waals surface area (Å²) in [6.07, 6.45) is 2.44. The number of aliphatic carboxylic acids is 1. The van der Waals surface area contributed by atoms with E-state index < -0.39 is 30.1 Å². The van der Waals surface area contributed by atoms with Gasteiger partial charge in [-0.05, 0) is 30.0 Å². The second-order valence-corrected chi connectivity index (χ2v) is 7.85. The Hall–Kier alpha value is -3.81. The number of fused-ring (bicyclic) bond motifs is 1. The predicted molar refractivity (Wildman–Crippen MR) is 118 cm³/mol. The summed E-state index contributed by atoms with van der Waals surface area (Å²) in [6, 6.07) is 15.0. The molecule has 166 valence electrons. The van der Waals surface area contributed by atoms with E-state index in [0.717, 1.165) is 22.0 Å². The van der Waals surface area contributed by atoms with Crippen molar-refractivity contribution in [3.8, 4) is 0 Å². The summed E-state index contributed by atoms with van der Waals surface area (Å²) in [5.74, 6) is -1.61. The van der Waals surface area contributed by atoms with E-state index >= 15 is 0 Å². The Bertz CT molecular complexity index is 1110. The number of aromatic nitrogens is 1. The van der Waals surface area contributed by atoms with Crippen molar-refractivity contribution >= 4 is 28.9 Å². The molecule has 0 aliphatic carbocycles. The predicted octanol–water partition coefficient (Wildman–Crippen LogP) is 3.08. The van der Waals surface area contributed by atoms with Crippen LogP contribution in [0.2, 0.25) is 0 Å². The van der Waals surface area contributed by atoms with Gasteiger partial charge in [-0.1, -0.05) is 48.5 Å². The molecule has 1 fully saturated rings. The molecule has 3 N–H and O–H groups in total. The Labute approximate surface area is 185 Å². The first-order valence-corrected chi connectivity index (χ1v) is 10.6. The number of carbonyl (C=O) groups excluding carboxylic acids is 2. The van der Waals surface area contributed by atoms with Crippen LogP contribution in [0.1, 0.15) is 24.0 Å². The molecule has 8 nitrogen and oxygen atoms in total. The van der Waals surface area contributed by atoms with Crippen molar-refractivity contribution in [2.75, 3.05) is 6.54 Å². The fraction of sp³-hybridized carbons (Fsp3) is 0.292. The second kappa shape index (κ2) is 9.55. The normalized spacial score (nSPS) is 16.6. The molecule has 8 heteroatoms. The maximum atomic E-state index is 12.9. The van der Waals surface area contributed by atoms with Gasteiger partial charge in [0.2, 0.25) is 5.91 Å². The van der Waals surface area contributed by atoms with Crippen molar-refractivity contribution in [1.29, 1.82) is 0 Å². The average molecular weight is 435 g/mol. The van der Waals surface area contributed by atoms with Crippen LogP contribution in [0.5, 0.6) is 0 Å². The van der Waals surface area contributed by atoms with Crippen molar-refractivity contribution in [3.05, 3.63) is 71.9 Å². The van der Waals surface area contributed by atoms with Crippen molar-refractivity contribution in [3.63, 3.8) is 0 Å². The van der Waals surface area contributed by atoms with Crippen LogP contribution in [0, 0.1) is 0 Å². The van der Waals surface area contributed by atoms with Crippen LogP contribution in [-0.4, -0.2) is 51.6 Å². The van der Waals surface area contributed by atoms with E-state index in [1.807, 2.05) is 54.6 Å². The molecule has 1 aliphatic heterocycles. The van der Waals surface area contributed by atoms with Crippen molar-refractivity contribution in [2.45, 2.75) is 38.0 Å². The van der Waals surface area contributed by atoms with Gasteiger partial charge < -0.3 is 20.1 Å². The summed E-state index contributed by atoms with van der Waals surface area (Å²) >= 11 is 0. The third kappa shape index (κ3) is 4.74. The lowest BCUT2D eigenvalue weighted by Crippen LogP contribution is -2.51. The third-order valence-corrected chi connectivity index (χ3v) is 5.71. The fourth-order valence-corrected chi connectivity index (χ4v) is 4.05. The molecule has 1 saturated heterocycles. The standard InChI is InChI=1S/C24H25N3O5/c28-22(21-11-6-12-27(21)24(31)32-15-16-7-2-1-3-8-16)26-20(23(29)30)13-17-14-25-19-10-5-4-9-18(17)19/h1-5,7-10,14,20-21,25H,6,11-13,15H2,(H,26,28)(H,29,30)/t20-,21-/m1/s1. The summed E-state index contributed by atoms with van der Waals surface area (Å²) < 4.78 is 5.36. The minimum absolute atomic E-state index is 0.114. The van der Waals surface area contributed by atoms with Gasteiger partial charge in [-0.3, -0.25) is 9.69 Å². The molecule has 0 bridgehead atoms. The fourth-order valence-electron chi connectivity index (χ4n) is 4.05. The Morgan fingerprint density at radius 3 is 2.66 bits per heavy atom. The molecule has 1 aromatic heterocycles. The van der Waals surface area contributed by atoms with E-state index in [4.69, 9.17) is 4.74 Å². The largest absolute Gasteiger partial charge is 0.480 e. The number of likely N-dealkylation sites (tertiary alicyclic amines) is 1. The number of para-hydroxylation sites is 1. The zero-order chi connectivity index (χ0) is 22.5. The number of hydrogen-bond donors (Lipinski definition) is 3. The minimum atomic E-state index is -1.13. The van der Waals surface area contributed by atoms with Gasteiger partial charge in [-0.2, -0.15) is 0 Å². The summed E-state index contributed by atoms with van der Waals surface area (Å²) in [5.41, 5.74) is 2.56. The molecule has 0 spiro atoms. The number of carboxylic acids is 1. The lowest BCUT2D eigenvalue weighted by Gasteiger charge is -2.25. The van der Waals surface area contributed by atoms with Crippen LogP contribution < -0.4 is 5.32 Å². The Kier molecular flexibility index (Phi) is 6.39. The molecule has 2 heterocycles. The highest BCUT2D eigenvalue weighted by molar-refractivity contribution is 5.90. The van der Waals surface area contributed by atoms with Crippen LogP contribution in [0.25, 0.3) is 10.9 Å². The number of carboxylic acid groups (broad SMARTS) is 1. The zero-order valence-corrected chi connectivity index (χ0v) is 17.5. The highest BCUT2D eigenvalue weighted by Gasteiger charge is 2.37. The summed E-state index contributed by atoms with van der Waals surface area (Å²) in [4.78, 5) is 41.8. The van der Waals surface area contributed by atoms with E-state index in [-0.39, 0.29) is 13.0 Å². The van der Waals surface area contributed by atoms with E-state index in [9.17, 15) is 19.5 Å². The molecular formula is C24H25N3O5. The molecule has 32 heavy (non-hydrogen) atoms. The highest BCUT2D eigenvalue weighted by atomic mass is 16.6. The number of nitrogens with zero attached hydrogens (tertiary/aromatic N) is 1. The third-order valence-electron chi connectivity index (χ3n) is 5.71. The maximum Gasteiger partial charge on any atom is 0.410 e. The van der Waals surface area contributed by atoms with Crippen LogP contribution in [0.15, 0.2) is 60.8 Å². The van der Waals surface area contributed by atoms with E-state index in [1.54, 1.807) is 6.20 Å². The number of ether oxygens (including phenoxy) is 1. The van der Waals surface area contributed by atoms with Crippen molar-refractivity contribution in [1.82, 2.24) is 15.2 Å². The van der Waals surface area contributed by atoms with Gasteiger partial charge in [-0.15, -0.1) is 0 Å². The molecule has 2 amide bonds. The second-order valence-electron chi connectivity index (χ2n) is 7.85. The minimum Gasteiger partial charge on any atom is -0.480 e. The topological polar surface area (TPSA) is 112 Å². The smallest absolute Gasteiger partial charge is 0.410 e. The Balaban J connectivity index is 1.40.